The molecular weight excluding hydrogens is 428 g/mol. The molecule has 2 N–H and O–H groups in total. The molecule has 1 saturated heterocycles. The minimum Gasteiger partial charge on any atom is -0.315 e. The third-order valence-electron chi connectivity index (χ3n) is 6.50. The molecule has 4 aromatic rings. The Morgan fingerprint density at radius 2 is 2.15 bits per heavy atom. The highest BCUT2D eigenvalue weighted by molar-refractivity contribution is 6.07. The Morgan fingerprint density at radius 1 is 1.26 bits per heavy atom. The van der Waals surface area contributed by atoms with Gasteiger partial charge in [0.15, 0.2) is 0 Å². The summed E-state index contributed by atoms with van der Waals surface area (Å²) in [5, 5.41) is 12.4. The van der Waals surface area contributed by atoms with Gasteiger partial charge in [0.2, 0.25) is 5.95 Å². The molecule has 178 valence electrons. The molecule has 34 heavy (non-hydrogen) atoms. The molecule has 0 radical (unpaired) electrons. The summed E-state index contributed by atoms with van der Waals surface area (Å²) >= 11 is 0. The van der Waals surface area contributed by atoms with Gasteiger partial charge >= 0.3 is 0 Å². The maximum Gasteiger partial charge on any atom is 0.258 e. The molecule has 1 aliphatic rings. The lowest BCUT2D eigenvalue weighted by Crippen LogP contribution is -2.25. The largest absolute Gasteiger partial charge is 0.315 e. The molecule has 3 aromatic heterocycles. The summed E-state index contributed by atoms with van der Waals surface area (Å²) in [6.45, 7) is 5.46. The van der Waals surface area contributed by atoms with Crippen molar-refractivity contribution in [3.05, 3.63) is 47.9 Å². The van der Waals surface area contributed by atoms with Crippen molar-refractivity contribution in [1.29, 1.82) is 0 Å². The van der Waals surface area contributed by atoms with Crippen LogP contribution in [0.1, 0.15) is 41.4 Å². The molecule has 1 aromatic carbocycles. The van der Waals surface area contributed by atoms with Crippen molar-refractivity contribution >= 4 is 33.8 Å². The van der Waals surface area contributed by atoms with Gasteiger partial charge in [0.25, 0.3) is 5.91 Å². The Morgan fingerprint density at radius 3 is 2.97 bits per heavy atom. The number of hydrogen-bond acceptors (Lipinski definition) is 6. The first-order valence-electron chi connectivity index (χ1n) is 12.0. The van der Waals surface area contributed by atoms with E-state index >= 15 is 0 Å². The van der Waals surface area contributed by atoms with Gasteiger partial charge in [-0.25, -0.2) is 4.98 Å². The van der Waals surface area contributed by atoms with Crippen LogP contribution in [0.3, 0.4) is 0 Å². The third kappa shape index (κ3) is 4.41. The van der Waals surface area contributed by atoms with Gasteiger partial charge in [-0.1, -0.05) is 6.42 Å². The lowest BCUT2D eigenvalue weighted by atomic mass is 10.1. The van der Waals surface area contributed by atoms with E-state index in [9.17, 15) is 4.79 Å². The monoisotopic (exact) mass is 460 g/mol. The van der Waals surface area contributed by atoms with Gasteiger partial charge in [-0.05, 0) is 64.7 Å². The van der Waals surface area contributed by atoms with Crippen LogP contribution in [0, 0.1) is 6.92 Å². The number of carbonyl (C=O) groups excluding carboxylic acids is 1. The van der Waals surface area contributed by atoms with E-state index < -0.39 is 0 Å². The van der Waals surface area contributed by atoms with Crippen LogP contribution in [0.5, 0.6) is 0 Å². The number of aryl methyl sites for hydroxylation is 1. The van der Waals surface area contributed by atoms with Crippen LogP contribution in [0.2, 0.25) is 0 Å². The summed E-state index contributed by atoms with van der Waals surface area (Å²) in [6.07, 6.45) is 6.91. The second-order valence-electron chi connectivity index (χ2n) is 9.34. The molecule has 1 unspecified atom stereocenters. The van der Waals surface area contributed by atoms with Crippen LogP contribution in [0.25, 0.3) is 21.9 Å². The number of benzene rings is 1. The Labute approximate surface area is 199 Å². The van der Waals surface area contributed by atoms with Crippen LogP contribution < -0.4 is 10.6 Å². The minimum atomic E-state index is -0.179. The molecule has 5 rings (SSSR count). The summed E-state index contributed by atoms with van der Waals surface area (Å²) in [4.78, 5) is 24.4. The number of aromatic nitrogens is 5. The van der Waals surface area contributed by atoms with Crippen molar-refractivity contribution in [3.63, 3.8) is 0 Å². The van der Waals surface area contributed by atoms with Gasteiger partial charge in [-0.15, -0.1) is 0 Å². The number of amides is 1. The lowest BCUT2D eigenvalue weighted by Gasteiger charge is -2.20. The normalized spacial score (nSPS) is 16.9. The first-order chi connectivity index (χ1) is 16.5. The van der Waals surface area contributed by atoms with Crippen LogP contribution in [-0.2, 0) is 6.54 Å². The van der Waals surface area contributed by atoms with Crippen molar-refractivity contribution in [3.8, 4) is 0 Å². The molecule has 0 saturated carbocycles. The number of imidazole rings is 1. The number of fused-ring (bicyclic) bond motifs is 3. The first-order valence-corrected chi connectivity index (χ1v) is 12.0. The van der Waals surface area contributed by atoms with E-state index in [1.165, 1.54) is 0 Å². The van der Waals surface area contributed by atoms with Gasteiger partial charge in [-0.3, -0.25) is 19.8 Å². The number of hydrogen-bond donors (Lipinski definition) is 2. The topological polar surface area (TPSA) is 92.9 Å². The Bertz CT molecular complexity index is 1310. The quantitative estimate of drug-likeness (QED) is 0.459. The van der Waals surface area contributed by atoms with Gasteiger partial charge < -0.3 is 14.8 Å². The number of carbonyl (C=O) groups is 1. The van der Waals surface area contributed by atoms with Crippen LogP contribution in [0.4, 0.5) is 5.95 Å². The number of rotatable bonds is 6. The van der Waals surface area contributed by atoms with Crippen LogP contribution >= 0.6 is 0 Å². The molecule has 1 fully saturated rings. The Balaban J connectivity index is 1.61. The van der Waals surface area contributed by atoms with Gasteiger partial charge in [0.05, 0.1) is 29.3 Å². The van der Waals surface area contributed by atoms with E-state index in [1.807, 2.05) is 19.2 Å². The standard InChI is InChI=1S/C25H32N8O/c1-17-14-18(9-11-27-17)24(34)30-25-29-21-7-8-22-20(16-28-32(22)13-12-31(2)3)23(21)33(25)19-6-4-5-10-26-15-19/h7-9,11,14,16,19,26H,4-6,10,12-13,15H2,1-3H3,(H,29,30,34). The third-order valence-corrected chi connectivity index (χ3v) is 6.50. The van der Waals surface area contributed by atoms with Crippen LogP contribution in [0.15, 0.2) is 36.7 Å². The maximum atomic E-state index is 13.1. The molecule has 9 nitrogen and oxygen atoms in total. The molecule has 0 spiro atoms. The van der Waals surface area contributed by atoms with E-state index in [0.29, 0.717) is 11.5 Å². The summed E-state index contributed by atoms with van der Waals surface area (Å²) in [5.74, 6) is 0.401. The highest BCUT2D eigenvalue weighted by atomic mass is 16.1. The molecule has 4 heterocycles. The van der Waals surface area contributed by atoms with E-state index in [2.05, 4.69) is 55.0 Å². The Kier molecular flexibility index (Phi) is 6.30. The summed E-state index contributed by atoms with van der Waals surface area (Å²) in [7, 11) is 4.13. The predicted octanol–water partition coefficient (Wildman–Crippen LogP) is 3.22. The average Bonchev–Trinajstić information content (AvgIpc) is 3.28. The molecule has 0 bridgehead atoms. The van der Waals surface area contributed by atoms with Crippen molar-refractivity contribution in [2.24, 2.45) is 0 Å². The Hall–Kier alpha value is -3.30. The number of nitrogens with zero attached hydrogens (tertiary/aromatic N) is 6. The first kappa shape index (κ1) is 22.5. The average molecular weight is 461 g/mol. The van der Waals surface area contributed by atoms with Gasteiger partial charge in [-0.2, -0.15) is 5.10 Å². The highest BCUT2D eigenvalue weighted by Gasteiger charge is 2.24. The zero-order chi connectivity index (χ0) is 23.7. The fraction of sp³-hybridized carbons (Fsp3) is 0.440. The molecule has 0 aliphatic carbocycles. The zero-order valence-electron chi connectivity index (χ0n) is 20.1. The SMILES string of the molecule is Cc1cc(C(=O)Nc2nc3ccc4c(cnn4CCN(C)C)c3n2C2CCCCNC2)ccn1. The van der Waals surface area contributed by atoms with Crippen molar-refractivity contribution in [1.82, 2.24) is 34.5 Å². The molecule has 1 aliphatic heterocycles. The fourth-order valence-corrected chi connectivity index (χ4v) is 4.74. The van der Waals surface area contributed by atoms with E-state index in [1.54, 1.807) is 18.3 Å². The zero-order valence-corrected chi connectivity index (χ0v) is 20.1. The smallest absolute Gasteiger partial charge is 0.258 e. The maximum absolute atomic E-state index is 13.1. The van der Waals surface area contributed by atoms with Crippen molar-refractivity contribution in [2.45, 2.75) is 38.8 Å². The fourth-order valence-electron chi connectivity index (χ4n) is 4.74. The summed E-state index contributed by atoms with van der Waals surface area (Å²) in [5.41, 5.74) is 4.36. The molecule has 1 amide bonds. The highest BCUT2D eigenvalue weighted by Crippen LogP contribution is 2.33. The molecule has 9 heteroatoms. The second-order valence-corrected chi connectivity index (χ2v) is 9.34. The molecule has 1 atom stereocenters. The second kappa shape index (κ2) is 9.52. The van der Waals surface area contributed by atoms with E-state index in [-0.39, 0.29) is 11.9 Å². The number of anilines is 1. The lowest BCUT2D eigenvalue weighted by molar-refractivity contribution is 0.102. The van der Waals surface area contributed by atoms with Crippen molar-refractivity contribution in [2.75, 3.05) is 39.0 Å². The number of likely N-dealkylation sites (N-methyl/N-ethyl adjacent to an activating group) is 1. The summed E-state index contributed by atoms with van der Waals surface area (Å²) < 4.78 is 4.27. The number of nitrogens with one attached hydrogen (secondary N) is 2. The van der Waals surface area contributed by atoms with Gasteiger partial charge in [0, 0.05) is 42.0 Å². The van der Waals surface area contributed by atoms with E-state index in [4.69, 9.17) is 4.98 Å². The predicted molar refractivity (Wildman–Crippen MR) is 134 cm³/mol. The number of pyridine rings is 1. The minimum absolute atomic E-state index is 0.179. The van der Waals surface area contributed by atoms with Gasteiger partial charge in [0.1, 0.15) is 0 Å². The van der Waals surface area contributed by atoms with Crippen LogP contribution in [-0.4, -0.2) is 68.9 Å². The molecular formula is C25H32N8O. The summed E-state index contributed by atoms with van der Waals surface area (Å²) in [6, 6.07) is 7.84. The van der Waals surface area contributed by atoms with E-state index in [0.717, 1.165) is 73.1 Å². The van der Waals surface area contributed by atoms with Crippen molar-refractivity contribution < 1.29 is 4.79 Å².